The Bertz CT molecular complexity index is 1660. The number of fused-ring (bicyclic) bond motifs is 6. The molecule has 1 nitrogen and oxygen atoms in total. The Morgan fingerprint density at radius 1 is 0.531 bits per heavy atom. The summed E-state index contributed by atoms with van der Waals surface area (Å²) in [6.07, 6.45) is 0. The molecule has 0 N–H and O–H groups in total. The number of benzene rings is 5. The largest absolute Gasteiger partial charge is 0.248 e. The number of hydrogen-bond acceptors (Lipinski definition) is 1. The van der Waals surface area contributed by atoms with Gasteiger partial charge in [0.2, 0.25) is 0 Å². The molecule has 6 aromatic rings. The zero-order chi connectivity index (χ0) is 21.9. The van der Waals surface area contributed by atoms with Gasteiger partial charge in [0.1, 0.15) is 0 Å². The minimum Gasteiger partial charge on any atom is -0.248 e. The second-order valence-corrected chi connectivity index (χ2v) is 14.8. The van der Waals surface area contributed by atoms with E-state index >= 15 is 0 Å². The number of rotatable bonds is 2. The van der Waals surface area contributed by atoms with Crippen molar-refractivity contribution in [2.75, 3.05) is 0 Å². The van der Waals surface area contributed by atoms with Gasteiger partial charge >= 0.3 is 0 Å². The molecule has 1 heterocycles. The van der Waals surface area contributed by atoms with Crippen molar-refractivity contribution in [3.05, 3.63) is 97.1 Å². The fourth-order valence-electron chi connectivity index (χ4n) is 4.83. The van der Waals surface area contributed by atoms with E-state index in [-0.39, 0.29) is 0 Å². The summed E-state index contributed by atoms with van der Waals surface area (Å²) in [7, 11) is -1.34. The molecule has 0 saturated heterocycles. The standard InChI is InChI=1S/C30H25NSi/c1-32(2,3)22-13-14-24-21(18-22)12-16-29-27(24)15-17-30(31-29)28-19-20-8-4-5-9-23(20)25-10-6-7-11-26(25)28/h4-19H,1-3H3. The number of pyridine rings is 1. The molecule has 0 bridgehead atoms. The Hall–Kier alpha value is -3.49. The van der Waals surface area contributed by atoms with Crippen LogP contribution in [0.3, 0.4) is 0 Å². The van der Waals surface area contributed by atoms with Crippen LogP contribution in [0.2, 0.25) is 19.6 Å². The van der Waals surface area contributed by atoms with E-state index in [0.29, 0.717) is 0 Å². The van der Waals surface area contributed by atoms with Crippen LogP contribution in [0.25, 0.3) is 54.5 Å². The molecular formula is C30H25NSi. The first-order valence-corrected chi connectivity index (χ1v) is 14.7. The van der Waals surface area contributed by atoms with Gasteiger partial charge in [-0.05, 0) is 50.5 Å². The molecular weight excluding hydrogens is 402 g/mol. The highest BCUT2D eigenvalue weighted by molar-refractivity contribution is 6.88. The van der Waals surface area contributed by atoms with Gasteiger partial charge in [0.15, 0.2) is 0 Å². The molecule has 5 aromatic carbocycles. The highest BCUT2D eigenvalue weighted by Crippen LogP contribution is 2.35. The fourth-order valence-corrected chi connectivity index (χ4v) is 6.00. The van der Waals surface area contributed by atoms with E-state index in [1.54, 1.807) is 0 Å². The molecule has 0 unspecified atom stereocenters. The maximum Gasteiger partial charge on any atom is 0.0776 e. The van der Waals surface area contributed by atoms with E-state index in [2.05, 4.69) is 117 Å². The minimum atomic E-state index is -1.34. The number of hydrogen-bond donors (Lipinski definition) is 0. The summed E-state index contributed by atoms with van der Waals surface area (Å²) in [5.41, 5.74) is 3.26. The van der Waals surface area contributed by atoms with Gasteiger partial charge < -0.3 is 0 Å². The molecule has 1 aromatic heterocycles. The summed E-state index contributed by atoms with van der Waals surface area (Å²) < 4.78 is 0. The summed E-state index contributed by atoms with van der Waals surface area (Å²) in [5, 5.41) is 10.4. The molecule has 0 saturated carbocycles. The molecule has 0 spiro atoms. The highest BCUT2D eigenvalue weighted by atomic mass is 28.3. The second-order valence-electron chi connectivity index (χ2n) is 9.71. The molecule has 0 aliphatic heterocycles. The normalized spacial score (nSPS) is 12.2. The van der Waals surface area contributed by atoms with Gasteiger partial charge in [-0.1, -0.05) is 104 Å². The molecule has 6 rings (SSSR count). The number of aromatic nitrogens is 1. The van der Waals surface area contributed by atoms with Crippen molar-refractivity contribution >= 4 is 56.5 Å². The van der Waals surface area contributed by atoms with Crippen molar-refractivity contribution in [3.63, 3.8) is 0 Å². The Kier molecular flexibility index (Phi) is 4.21. The predicted molar refractivity (Wildman–Crippen MR) is 143 cm³/mol. The van der Waals surface area contributed by atoms with Crippen molar-refractivity contribution < 1.29 is 0 Å². The molecule has 32 heavy (non-hydrogen) atoms. The maximum absolute atomic E-state index is 5.13. The summed E-state index contributed by atoms with van der Waals surface area (Å²) in [6.45, 7) is 7.20. The van der Waals surface area contributed by atoms with Crippen LogP contribution in [0, 0.1) is 0 Å². The molecule has 0 aliphatic carbocycles. The molecule has 0 aliphatic rings. The van der Waals surface area contributed by atoms with E-state index in [1.165, 1.54) is 48.5 Å². The first-order valence-electron chi connectivity index (χ1n) is 11.2. The average Bonchev–Trinajstić information content (AvgIpc) is 2.82. The van der Waals surface area contributed by atoms with E-state index in [0.717, 1.165) is 11.2 Å². The molecule has 0 atom stereocenters. The maximum atomic E-state index is 5.13. The lowest BCUT2D eigenvalue weighted by atomic mass is 9.95. The van der Waals surface area contributed by atoms with Gasteiger partial charge in [0.05, 0.1) is 19.3 Å². The van der Waals surface area contributed by atoms with Gasteiger partial charge in [0.25, 0.3) is 0 Å². The molecule has 0 radical (unpaired) electrons. The van der Waals surface area contributed by atoms with Gasteiger partial charge in [-0.3, -0.25) is 0 Å². The van der Waals surface area contributed by atoms with Crippen LogP contribution in [0.5, 0.6) is 0 Å². The Balaban J connectivity index is 1.59. The van der Waals surface area contributed by atoms with Crippen molar-refractivity contribution in [2.24, 2.45) is 0 Å². The Morgan fingerprint density at radius 2 is 1.19 bits per heavy atom. The van der Waals surface area contributed by atoms with Crippen LogP contribution in [0.15, 0.2) is 97.1 Å². The fraction of sp³-hybridized carbons (Fsp3) is 0.100. The van der Waals surface area contributed by atoms with Crippen molar-refractivity contribution in [3.8, 4) is 11.3 Å². The van der Waals surface area contributed by atoms with E-state index in [9.17, 15) is 0 Å². The third-order valence-electron chi connectivity index (χ3n) is 6.60. The Labute approximate surface area is 189 Å². The van der Waals surface area contributed by atoms with Crippen LogP contribution in [-0.4, -0.2) is 13.1 Å². The lowest BCUT2D eigenvalue weighted by molar-refractivity contribution is 1.42. The lowest BCUT2D eigenvalue weighted by Gasteiger charge is -2.17. The highest BCUT2D eigenvalue weighted by Gasteiger charge is 2.17. The van der Waals surface area contributed by atoms with Gasteiger partial charge in [-0.2, -0.15) is 0 Å². The first-order chi connectivity index (χ1) is 15.5. The molecule has 0 amide bonds. The van der Waals surface area contributed by atoms with E-state index in [4.69, 9.17) is 4.98 Å². The minimum absolute atomic E-state index is 1.03. The summed E-state index contributed by atoms with van der Waals surface area (Å²) in [5.74, 6) is 0. The van der Waals surface area contributed by atoms with E-state index < -0.39 is 8.07 Å². The first kappa shape index (κ1) is 19.2. The smallest absolute Gasteiger partial charge is 0.0776 e. The molecule has 154 valence electrons. The predicted octanol–water partition coefficient (Wildman–Crippen LogP) is 7.91. The van der Waals surface area contributed by atoms with Crippen molar-refractivity contribution in [1.29, 1.82) is 0 Å². The van der Waals surface area contributed by atoms with Crippen LogP contribution in [0.4, 0.5) is 0 Å². The zero-order valence-electron chi connectivity index (χ0n) is 18.7. The number of nitrogens with zero attached hydrogens (tertiary/aromatic N) is 1. The quantitative estimate of drug-likeness (QED) is 0.202. The van der Waals surface area contributed by atoms with Crippen molar-refractivity contribution in [1.82, 2.24) is 4.98 Å². The van der Waals surface area contributed by atoms with Crippen LogP contribution in [0.1, 0.15) is 0 Å². The average molecular weight is 428 g/mol. The topological polar surface area (TPSA) is 12.9 Å². The van der Waals surface area contributed by atoms with E-state index in [1.807, 2.05) is 0 Å². The monoisotopic (exact) mass is 427 g/mol. The van der Waals surface area contributed by atoms with Crippen LogP contribution < -0.4 is 5.19 Å². The summed E-state index contributed by atoms with van der Waals surface area (Å²) in [6, 6.07) is 35.4. The van der Waals surface area contributed by atoms with Gasteiger partial charge in [-0.15, -0.1) is 0 Å². The van der Waals surface area contributed by atoms with Crippen molar-refractivity contribution in [2.45, 2.75) is 19.6 Å². The third-order valence-corrected chi connectivity index (χ3v) is 8.64. The summed E-state index contributed by atoms with van der Waals surface area (Å²) in [4.78, 5) is 5.13. The Morgan fingerprint density at radius 3 is 2.00 bits per heavy atom. The lowest BCUT2D eigenvalue weighted by Crippen LogP contribution is -2.37. The molecule has 2 heteroatoms. The second kappa shape index (κ2) is 7.01. The van der Waals surface area contributed by atoms with Crippen LogP contribution >= 0.6 is 0 Å². The van der Waals surface area contributed by atoms with Gasteiger partial charge in [0, 0.05) is 10.9 Å². The summed E-state index contributed by atoms with van der Waals surface area (Å²) >= 11 is 0. The zero-order valence-corrected chi connectivity index (χ0v) is 19.7. The third kappa shape index (κ3) is 3.02. The van der Waals surface area contributed by atoms with Crippen LogP contribution in [-0.2, 0) is 0 Å². The molecule has 0 fully saturated rings. The van der Waals surface area contributed by atoms with Gasteiger partial charge in [-0.25, -0.2) is 4.98 Å². The SMILES string of the molecule is C[Si](C)(C)c1ccc2c(ccc3nc(-c4cc5ccccc5c5ccccc45)ccc32)c1.